The Labute approximate surface area is 140 Å². The molecule has 10 heteroatoms. The molecule has 0 atom stereocenters. The lowest BCUT2D eigenvalue weighted by Gasteiger charge is -2.15. The van der Waals surface area contributed by atoms with Crippen molar-refractivity contribution in [2.45, 2.75) is 25.3 Å². The van der Waals surface area contributed by atoms with Crippen molar-refractivity contribution < 1.29 is 8.42 Å². The number of anilines is 2. The van der Waals surface area contributed by atoms with Gasteiger partial charge in [-0.25, -0.2) is 13.4 Å². The minimum atomic E-state index is -3.75. The van der Waals surface area contributed by atoms with E-state index in [1.807, 2.05) is 32.8 Å². The molecule has 3 heterocycles. The maximum Gasteiger partial charge on any atom is 0.266 e. The molecular weight excluding hydrogens is 330 g/mol. The summed E-state index contributed by atoms with van der Waals surface area (Å²) in [5, 5.41) is 8.36. The van der Waals surface area contributed by atoms with Gasteiger partial charge in [-0.15, -0.1) is 0 Å². The van der Waals surface area contributed by atoms with Gasteiger partial charge in [-0.1, -0.05) is 0 Å². The van der Waals surface area contributed by atoms with Crippen molar-refractivity contribution in [2.24, 2.45) is 0 Å². The molecule has 0 aliphatic carbocycles. The van der Waals surface area contributed by atoms with E-state index >= 15 is 0 Å². The van der Waals surface area contributed by atoms with Gasteiger partial charge in [0, 0.05) is 39.0 Å². The summed E-state index contributed by atoms with van der Waals surface area (Å²) in [5.74, 6) is 0.949. The number of aromatic nitrogens is 5. The molecule has 0 amide bonds. The van der Waals surface area contributed by atoms with Crippen LogP contribution >= 0.6 is 0 Å². The summed E-state index contributed by atoms with van der Waals surface area (Å²) < 4.78 is 30.8. The molecule has 9 nitrogen and oxygen atoms in total. The van der Waals surface area contributed by atoms with Gasteiger partial charge in [-0.2, -0.15) is 14.7 Å². The van der Waals surface area contributed by atoms with Crippen LogP contribution in [0.4, 0.5) is 11.6 Å². The number of hydrogen-bond acceptors (Lipinski definition) is 6. The molecule has 128 valence electrons. The molecule has 0 unspecified atom stereocenters. The maximum atomic E-state index is 12.5. The Morgan fingerprint density at radius 1 is 1.29 bits per heavy atom. The van der Waals surface area contributed by atoms with E-state index in [0.29, 0.717) is 12.2 Å². The summed E-state index contributed by atoms with van der Waals surface area (Å²) >= 11 is 0. The number of hydrogen-bond donors (Lipinski definition) is 1. The zero-order valence-corrected chi connectivity index (χ0v) is 14.7. The van der Waals surface area contributed by atoms with Gasteiger partial charge in [0.25, 0.3) is 10.0 Å². The first-order valence-electron chi connectivity index (χ1n) is 7.40. The van der Waals surface area contributed by atoms with Gasteiger partial charge in [-0.05, 0) is 13.8 Å². The highest BCUT2D eigenvalue weighted by atomic mass is 32.2. The van der Waals surface area contributed by atoms with Crippen LogP contribution in [-0.2, 0) is 16.6 Å². The molecule has 24 heavy (non-hydrogen) atoms. The van der Waals surface area contributed by atoms with Crippen LogP contribution in [0.5, 0.6) is 0 Å². The lowest BCUT2D eigenvalue weighted by atomic mass is 10.4. The topological polar surface area (TPSA) is 97.4 Å². The van der Waals surface area contributed by atoms with Crippen LogP contribution in [0.1, 0.15) is 12.6 Å². The normalized spacial score (nSPS) is 11.8. The van der Waals surface area contributed by atoms with Gasteiger partial charge in [0.2, 0.25) is 0 Å². The summed E-state index contributed by atoms with van der Waals surface area (Å²) in [5.41, 5.74) is 1.37. The maximum absolute atomic E-state index is 12.5. The SMILES string of the molecule is CCn1cc(S(=O)(=O)Nc2cc(N(C)C)n3nc(C)cc3n2)cn1. The van der Waals surface area contributed by atoms with Gasteiger partial charge in [0.05, 0.1) is 11.9 Å². The van der Waals surface area contributed by atoms with E-state index in [1.54, 1.807) is 21.3 Å². The van der Waals surface area contributed by atoms with E-state index in [2.05, 4.69) is 19.9 Å². The molecule has 0 radical (unpaired) electrons. The number of rotatable bonds is 5. The molecule has 0 aliphatic heterocycles. The number of sulfonamides is 1. The second-order valence-electron chi connectivity index (χ2n) is 5.59. The highest BCUT2D eigenvalue weighted by Crippen LogP contribution is 2.21. The molecule has 3 aromatic heterocycles. The lowest BCUT2D eigenvalue weighted by molar-refractivity contribution is 0.600. The molecule has 0 saturated carbocycles. The van der Waals surface area contributed by atoms with E-state index in [-0.39, 0.29) is 10.7 Å². The standard InChI is InChI=1S/C14H19N7O2S/c1-5-20-9-11(8-15-20)24(22,23)18-12-7-14(19(3)4)21-13(16-12)6-10(2)17-21/h6-9H,5H2,1-4H3,(H,16,18). The molecule has 0 aromatic carbocycles. The predicted molar refractivity (Wildman–Crippen MR) is 90.8 cm³/mol. The van der Waals surface area contributed by atoms with Crippen LogP contribution in [0.25, 0.3) is 5.65 Å². The Morgan fingerprint density at radius 2 is 2.04 bits per heavy atom. The van der Waals surface area contributed by atoms with Gasteiger partial charge in [-0.3, -0.25) is 9.40 Å². The third-order valence-corrected chi connectivity index (χ3v) is 4.78. The second-order valence-corrected chi connectivity index (χ2v) is 7.27. The molecule has 0 bridgehead atoms. The fraction of sp³-hybridized carbons (Fsp3) is 0.357. The van der Waals surface area contributed by atoms with Gasteiger partial charge < -0.3 is 4.90 Å². The minimum Gasteiger partial charge on any atom is -0.363 e. The first-order valence-corrected chi connectivity index (χ1v) is 8.88. The van der Waals surface area contributed by atoms with Crippen molar-refractivity contribution in [3.05, 3.63) is 30.2 Å². The zero-order chi connectivity index (χ0) is 17.5. The lowest BCUT2D eigenvalue weighted by Crippen LogP contribution is -2.17. The Morgan fingerprint density at radius 3 is 2.67 bits per heavy atom. The largest absolute Gasteiger partial charge is 0.363 e. The molecule has 3 aromatic rings. The van der Waals surface area contributed by atoms with Crippen LogP contribution in [0.3, 0.4) is 0 Å². The van der Waals surface area contributed by atoms with Crippen LogP contribution in [-0.4, -0.2) is 46.9 Å². The summed E-state index contributed by atoms with van der Waals surface area (Å²) in [6, 6.07) is 3.43. The monoisotopic (exact) mass is 349 g/mol. The molecule has 1 N–H and O–H groups in total. The third kappa shape index (κ3) is 2.92. The smallest absolute Gasteiger partial charge is 0.266 e. The quantitative estimate of drug-likeness (QED) is 0.741. The Balaban J connectivity index is 2.03. The zero-order valence-electron chi connectivity index (χ0n) is 13.9. The molecule has 0 fully saturated rings. The summed E-state index contributed by atoms with van der Waals surface area (Å²) in [4.78, 5) is 6.27. The van der Waals surface area contributed by atoms with E-state index in [4.69, 9.17) is 0 Å². The second kappa shape index (κ2) is 5.78. The highest BCUT2D eigenvalue weighted by molar-refractivity contribution is 7.92. The van der Waals surface area contributed by atoms with Crippen molar-refractivity contribution in [1.82, 2.24) is 24.4 Å². The molecule has 0 saturated heterocycles. The first-order chi connectivity index (χ1) is 11.3. The van der Waals surface area contributed by atoms with Gasteiger partial charge >= 0.3 is 0 Å². The van der Waals surface area contributed by atoms with Crippen LogP contribution < -0.4 is 9.62 Å². The fourth-order valence-corrected chi connectivity index (χ4v) is 3.24. The minimum absolute atomic E-state index is 0.0992. The van der Waals surface area contributed by atoms with Gasteiger partial charge in [0.1, 0.15) is 16.5 Å². The van der Waals surface area contributed by atoms with Crippen LogP contribution in [0.2, 0.25) is 0 Å². The number of nitrogens with one attached hydrogen (secondary N) is 1. The van der Waals surface area contributed by atoms with Crippen molar-refractivity contribution in [1.29, 1.82) is 0 Å². The molecule has 0 spiro atoms. The summed E-state index contributed by atoms with van der Waals surface area (Å²) in [6.07, 6.45) is 2.80. The van der Waals surface area contributed by atoms with E-state index in [9.17, 15) is 8.42 Å². The Kier molecular flexibility index (Phi) is 3.91. The van der Waals surface area contributed by atoms with Crippen LogP contribution in [0, 0.1) is 6.92 Å². The van der Waals surface area contributed by atoms with Crippen molar-refractivity contribution >= 4 is 27.3 Å². The Hall–Kier alpha value is -2.62. The van der Waals surface area contributed by atoms with Crippen molar-refractivity contribution in [2.75, 3.05) is 23.7 Å². The highest BCUT2D eigenvalue weighted by Gasteiger charge is 2.19. The first kappa shape index (κ1) is 16.2. The third-order valence-electron chi connectivity index (χ3n) is 3.47. The van der Waals surface area contributed by atoms with Gasteiger partial charge in [0.15, 0.2) is 5.65 Å². The Bertz CT molecular complexity index is 988. The number of aryl methyl sites for hydroxylation is 2. The molecule has 0 aliphatic rings. The molecule has 3 rings (SSSR count). The predicted octanol–water partition coefficient (Wildman–Crippen LogP) is 1.12. The summed E-state index contributed by atoms with van der Waals surface area (Å²) in [7, 11) is -0.0379. The number of fused-ring (bicyclic) bond motifs is 1. The average molecular weight is 349 g/mol. The van der Waals surface area contributed by atoms with E-state index in [0.717, 1.165) is 11.5 Å². The number of nitrogens with zero attached hydrogens (tertiary/aromatic N) is 6. The van der Waals surface area contributed by atoms with Crippen molar-refractivity contribution in [3.8, 4) is 0 Å². The molecular formula is C14H19N7O2S. The average Bonchev–Trinajstić information content (AvgIpc) is 3.11. The summed E-state index contributed by atoms with van der Waals surface area (Å²) in [6.45, 7) is 4.34. The van der Waals surface area contributed by atoms with E-state index < -0.39 is 10.0 Å². The fourth-order valence-electron chi connectivity index (χ4n) is 2.30. The van der Waals surface area contributed by atoms with Crippen LogP contribution in [0.15, 0.2) is 29.4 Å². The van der Waals surface area contributed by atoms with Crippen molar-refractivity contribution in [3.63, 3.8) is 0 Å². The van der Waals surface area contributed by atoms with E-state index in [1.165, 1.54) is 12.4 Å².